The van der Waals surface area contributed by atoms with Gasteiger partial charge >= 0.3 is 77.0 Å². The van der Waals surface area contributed by atoms with Crippen LogP contribution in [0.5, 0.6) is 5.75 Å². The van der Waals surface area contributed by atoms with E-state index in [1.54, 1.807) is 41.8 Å². The zero-order valence-corrected chi connectivity index (χ0v) is 23.3. The van der Waals surface area contributed by atoms with E-state index in [1.165, 1.54) is 11.8 Å². The number of benzene rings is 1. The number of tetrazole rings is 1. The van der Waals surface area contributed by atoms with E-state index in [9.17, 15) is 29.1 Å². The summed E-state index contributed by atoms with van der Waals surface area (Å²) in [6.45, 7) is -0.454. The number of fused-ring (bicyclic) bond motifs is 1. The van der Waals surface area contributed by atoms with Crippen LogP contribution in [-0.2, 0) is 32.1 Å². The van der Waals surface area contributed by atoms with Gasteiger partial charge in [-0.3, -0.25) is 19.3 Å². The van der Waals surface area contributed by atoms with Crippen LogP contribution >= 0.6 is 34.9 Å². The Hall–Kier alpha value is -2.22. The molecule has 3 N–H and O–H groups in total. The van der Waals surface area contributed by atoms with Crippen molar-refractivity contribution < 1.29 is 38.9 Å². The number of amides is 2. The van der Waals surface area contributed by atoms with Crippen LogP contribution < -0.4 is 10.1 Å². The van der Waals surface area contributed by atoms with Gasteiger partial charge in [-0.15, -0.1) is 28.2 Å². The average Bonchev–Trinajstić information content (AvgIpc) is 3.59. The summed E-state index contributed by atoms with van der Waals surface area (Å²) in [5.74, 6) is -3.35. The molecule has 0 spiro atoms. The van der Waals surface area contributed by atoms with Crippen LogP contribution in [0.4, 0.5) is 0 Å². The van der Waals surface area contributed by atoms with Crippen molar-refractivity contribution in [2.45, 2.75) is 29.5 Å². The molecule has 0 radical (unpaired) electrons. The first-order valence-corrected chi connectivity index (χ1v) is 14.8. The Morgan fingerprint density at radius 1 is 1.12 bits per heavy atom. The molecule has 5 rings (SSSR count). The van der Waals surface area contributed by atoms with Crippen LogP contribution in [-0.4, -0.2) is 147 Å². The van der Waals surface area contributed by atoms with Crippen molar-refractivity contribution in [1.29, 1.82) is 0 Å². The average molecular weight is 665 g/mol. The minimum absolute atomic E-state index is 0. The number of thioether (sulfide) groups is 2. The minimum atomic E-state index is -1.30. The number of carbonyl (C=O) groups is 5. The van der Waals surface area contributed by atoms with E-state index in [1.807, 2.05) is 0 Å². The summed E-state index contributed by atoms with van der Waals surface area (Å²) >= 11 is 3.49. The number of carboxylic acids is 2. The van der Waals surface area contributed by atoms with Crippen molar-refractivity contribution in [2.75, 3.05) is 11.5 Å². The quantitative estimate of drug-likeness (QED) is 0.0804. The molecule has 0 saturated carbocycles. The number of nitrogens with zero attached hydrogens (tertiary/aromatic N) is 5. The molecule has 2 aliphatic heterocycles. The van der Waals surface area contributed by atoms with E-state index in [0.29, 0.717) is 16.9 Å². The van der Waals surface area contributed by atoms with E-state index in [2.05, 4.69) is 20.8 Å². The number of thiophene rings is 1. The fourth-order valence-corrected chi connectivity index (χ4v) is 7.33. The second-order valence-corrected chi connectivity index (χ2v) is 11.6. The summed E-state index contributed by atoms with van der Waals surface area (Å²) in [5, 5.41) is 33.6. The fourth-order valence-electron chi connectivity index (χ4n) is 4.17. The number of nitrogens with one attached hydrogen (secondary N) is 1. The second kappa shape index (κ2) is 15.7. The molecule has 4 heterocycles. The molecule has 2 atom stereocenters. The van der Waals surface area contributed by atoms with Gasteiger partial charge in [0.25, 0.3) is 5.91 Å². The van der Waals surface area contributed by atoms with Crippen LogP contribution in [0.1, 0.15) is 15.2 Å². The van der Waals surface area contributed by atoms with Gasteiger partial charge in [0, 0.05) is 11.5 Å². The third-order valence-corrected chi connectivity index (χ3v) is 9.28. The molecule has 2 amide bonds. The van der Waals surface area contributed by atoms with Crippen LogP contribution in [0.25, 0.3) is 0 Å². The third-order valence-electron chi connectivity index (χ3n) is 5.96. The summed E-state index contributed by atoms with van der Waals surface area (Å²) < 4.78 is 6.44. The van der Waals surface area contributed by atoms with Crippen molar-refractivity contribution in [3.8, 4) is 5.75 Å². The number of β-lactam (4-membered cyclic amide) rings is 1. The van der Waals surface area contributed by atoms with Crippen molar-refractivity contribution >= 4 is 124 Å². The van der Waals surface area contributed by atoms with Crippen LogP contribution in [0.3, 0.4) is 0 Å². The zero-order chi connectivity index (χ0) is 29.1. The van der Waals surface area contributed by atoms with E-state index in [0.717, 1.165) is 32.7 Å². The molecule has 216 valence electrons. The van der Waals surface area contributed by atoms with E-state index >= 15 is 0 Å². The summed E-state index contributed by atoms with van der Waals surface area (Å²) in [6.07, 6.45) is -0.168. The Morgan fingerprint density at radius 3 is 2.56 bits per heavy atom. The predicted octanol–water partition coefficient (Wildman–Crippen LogP) is -0.185. The third kappa shape index (κ3) is 8.09. The van der Waals surface area contributed by atoms with Gasteiger partial charge in [-0.05, 0) is 45.1 Å². The van der Waals surface area contributed by atoms with Gasteiger partial charge in [0.05, 0.1) is 6.42 Å². The van der Waals surface area contributed by atoms with Gasteiger partial charge in [0.15, 0.2) is 0 Å². The van der Waals surface area contributed by atoms with Crippen molar-refractivity contribution in [3.63, 3.8) is 0 Å². The molecule has 2 aromatic heterocycles. The van der Waals surface area contributed by atoms with Crippen LogP contribution in [0.2, 0.25) is 0 Å². The molecule has 1 aromatic carbocycles. The number of para-hydroxylation sites is 1. The molecule has 1 fully saturated rings. The molecular weight excluding hydrogens is 642 g/mol. The predicted molar refractivity (Wildman–Crippen MR) is 160 cm³/mol. The molecule has 0 aliphatic carbocycles. The number of aliphatic carboxylic acids is 2. The summed E-state index contributed by atoms with van der Waals surface area (Å²) in [4.78, 5) is 63.0. The maximum atomic E-state index is 13.0. The molecule has 2 aliphatic rings. The molecule has 1 unspecified atom stereocenters. The number of hydrogen-bond acceptors (Lipinski definition) is 12. The number of rotatable bonds is 11. The molecule has 19 heteroatoms. The zero-order valence-electron chi connectivity index (χ0n) is 20.8. The summed E-state index contributed by atoms with van der Waals surface area (Å²) in [7, 11) is 0. The Bertz CT molecular complexity index is 1570. The van der Waals surface area contributed by atoms with Crippen molar-refractivity contribution in [3.05, 3.63) is 63.5 Å². The van der Waals surface area contributed by atoms with Gasteiger partial charge in [-0.2, -0.15) is 0 Å². The Balaban J connectivity index is 0.00000253. The van der Waals surface area contributed by atoms with Gasteiger partial charge < -0.3 is 20.3 Å². The van der Waals surface area contributed by atoms with E-state index < -0.39 is 47.7 Å². The molecule has 14 nitrogen and oxygen atoms in total. The first-order chi connectivity index (χ1) is 19.7. The fraction of sp³-hybridized carbons (Fsp3) is 0.250. The van der Waals surface area contributed by atoms with E-state index in [4.69, 9.17) is 9.84 Å². The van der Waals surface area contributed by atoms with E-state index in [-0.39, 0.29) is 92.8 Å². The molecule has 3 aromatic rings. The number of aromatic nitrogens is 4. The number of ether oxygens (including phenoxy) is 1. The summed E-state index contributed by atoms with van der Waals surface area (Å²) in [5.41, 5.74) is 0.702. The molecule has 1 saturated heterocycles. The van der Waals surface area contributed by atoms with Crippen LogP contribution in [0, 0.1) is 0 Å². The Kier molecular flexibility index (Phi) is 12.9. The summed E-state index contributed by atoms with van der Waals surface area (Å²) in [6, 6.07) is 9.23. The van der Waals surface area contributed by atoms with Gasteiger partial charge in [0.2, 0.25) is 11.1 Å². The number of carbonyl (C=O) groups excluding carboxylic acids is 3. The Labute approximate surface area is 300 Å². The Morgan fingerprint density at radius 2 is 1.86 bits per heavy atom. The van der Waals surface area contributed by atoms with Crippen LogP contribution in [0.15, 0.2) is 58.2 Å². The normalized spacial score (nSPS) is 17.1. The standard InChI is InChI=1S/C24H20N6O8S3.2Na.2H/c31-15(8-12-6-7-39-19(12)23(37)38-14-4-2-1-3-5-14)25-17-20(34)30-18(22(35)36)13(10-40-21(17)30)11-41-24-26-27-28-29(24)9-16(32)33;;;;/h1-7,17,21H,8-11H2,(H,25,31)(H,32,33)(H,35,36);;;;/t17?,21-;;;;/m1..../s1. The second-order valence-electron chi connectivity index (χ2n) is 8.67. The molecule has 0 bridgehead atoms. The SMILES string of the molecule is O=C(O)Cn1nnnc1SCC1=C(C(=O)O)N2C(=O)C(NC(=O)Cc3ccsc3C(=O)Oc3ccccc3)[C@H]2SC1.[NaH].[NaH]. The van der Waals surface area contributed by atoms with Crippen molar-refractivity contribution in [2.24, 2.45) is 0 Å². The van der Waals surface area contributed by atoms with Gasteiger partial charge in [-0.25, -0.2) is 14.3 Å². The van der Waals surface area contributed by atoms with Crippen molar-refractivity contribution in [1.82, 2.24) is 30.4 Å². The first kappa shape index (κ1) is 35.3. The number of esters is 1. The van der Waals surface area contributed by atoms with Gasteiger partial charge in [-0.1, -0.05) is 30.0 Å². The number of hydrogen-bond donors (Lipinski definition) is 3. The first-order valence-electron chi connectivity index (χ1n) is 11.9. The number of carboxylic acid groups (broad SMARTS) is 2. The maximum absolute atomic E-state index is 13.0. The topological polar surface area (TPSA) is 194 Å². The molecular formula is C24H22N6Na2O8S3. The molecule has 43 heavy (non-hydrogen) atoms. The monoisotopic (exact) mass is 664 g/mol. The van der Waals surface area contributed by atoms with Gasteiger partial charge in [0.1, 0.15) is 34.3 Å².